The zero-order chi connectivity index (χ0) is 12.8. The lowest BCUT2D eigenvalue weighted by molar-refractivity contribution is -0.122. The molecule has 2 N–H and O–H groups in total. The Balaban J connectivity index is 1.60. The Hall–Kier alpha value is -1.62. The highest BCUT2D eigenvalue weighted by atomic mass is 16.5. The van der Waals surface area contributed by atoms with Crippen LogP contribution in [0.5, 0.6) is 5.88 Å². The second kappa shape index (κ2) is 6.35. The number of methoxy groups -OCH3 is 1. The van der Waals surface area contributed by atoms with Crippen LogP contribution in [0.1, 0.15) is 18.5 Å². The van der Waals surface area contributed by atoms with Crippen LogP contribution in [0.25, 0.3) is 0 Å². The standard InChI is InChI=1S/C13H19N3O2/c1-18-12-4-2-3-11(16-12)9-14-7-8-15-13(17)10-5-6-10/h2-4,10,14H,5-9H2,1H3,(H,15,17). The quantitative estimate of drug-likeness (QED) is 0.698. The van der Waals surface area contributed by atoms with Crippen molar-refractivity contribution in [2.24, 2.45) is 5.92 Å². The second-order valence-electron chi connectivity index (χ2n) is 4.41. The number of hydrogen-bond donors (Lipinski definition) is 2. The Morgan fingerprint density at radius 3 is 3.00 bits per heavy atom. The molecule has 1 aromatic heterocycles. The lowest BCUT2D eigenvalue weighted by Gasteiger charge is -2.07. The van der Waals surface area contributed by atoms with Gasteiger partial charge in [0.25, 0.3) is 0 Å². The van der Waals surface area contributed by atoms with Crippen LogP contribution in [0.3, 0.4) is 0 Å². The summed E-state index contributed by atoms with van der Waals surface area (Å²) in [5.74, 6) is 1.10. The molecule has 0 radical (unpaired) electrons. The molecule has 5 nitrogen and oxygen atoms in total. The SMILES string of the molecule is COc1cccc(CNCCNC(=O)C2CC2)n1. The summed E-state index contributed by atoms with van der Waals surface area (Å²) in [6.45, 7) is 2.09. The zero-order valence-electron chi connectivity index (χ0n) is 10.6. The molecule has 1 fully saturated rings. The van der Waals surface area contributed by atoms with E-state index in [-0.39, 0.29) is 11.8 Å². The molecule has 98 valence electrons. The van der Waals surface area contributed by atoms with Crippen LogP contribution in [0.2, 0.25) is 0 Å². The van der Waals surface area contributed by atoms with Crippen molar-refractivity contribution < 1.29 is 9.53 Å². The van der Waals surface area contributed by atoms with Gasteiger partial charge >= 0.3 is 0 Å². The Labute approximate surface area is 107 Å². The molecule has 1 aliphatic carbocycles. The molecular formula is C13H19N3O2. The molecule has 1 amide bonds. The third-order valence-corrected chi connectivity index (χ3v) is 2.85. The van der Waals surface area contributed by atoms with E-state index in [1.807, 2.05) is 18.2 Å². The summed E-state index contributed by atoms with van der Waals surface area (Å²) in [6, 6.07) is 5.68. The first-order valence-electron chi connectivity index (χ1n) is 6.28. The third-order valence-electron chi connectivity index (χ3n) is 2.85. The fraction of sp³-hybridized carbons (Fsp3) is 0.538. The van der Waals surface area contributed by atoms with Crippen molar-refractivity contribution in [3.63, 3.8) is 0 Å². The van der Waals surface area contributed by atoms with Crippen molar-refractivity contribution in [3.05, 3.63) is 23.9 Å². The largest absolute Gasteiger partial charge is 0.481 e. The highest BCUT2D eigenvalue weighted by Crippen LogP contribution is 2.28. The Kier molecular flexibility index (Phi) is 4.52. The minimum atomic E-state index is 0.191. The summed E-state index contributed by atoms with van der Waals surface area (Å²) in [5, 5.41) is 6.14. The number of nitrogens with zero attached hydrogens (tertiary/aromatic N) is 1. The van der Waals surface area contributed by atoms with Crippen LogP contribution in [0.4, 0.5) is 0 Å². The number of amides is 1. The van der Waals surface area contributed by atoms with E-state index >= 15 is 0 Å². The summed E-state index contributed by atoms with van der Waals surface area (Å²) in [7, 11) is 1.60. The number of pyridine rings is 1. The fourth-order valence-electron chi connectivity index (χ4n) is 1.65. The zero-order valence-corrected chi connectivity index (χ0v) is 10.6. The number of rotatable bonds is 7. The van der Waals surface area contributed by atoms with Crippen LogP contribution in [-0.4, -0.2) is 31.1 Å². The van der Waals surface area contributed by atoms with Crippen molar-refractivity contribution in [2.75, 3.05) is 20.2 Å². The van der Waals surface area contributed by atoms with Crippen molar-refractivity contribution in [3.8, 4) is 5.88 Å². The van der Waals surface area contributed by atoms with Crippen molar-refractivity contribution in [1.29, 1.82) is 0 Å². The minimum Gasteiger partial charge on any atom is -0.481 e. The summed E-state index contributed by atoms with van der Waals surface area (Å²) in [4.78, 5) is 15.6. The number of hydrogen-bond acceptors (Lipinski definition) is 4. The van der Waals surface area contributed by atoms with Gasteiger partial charge in [-0.2, -0.15) is 0 Å². The maximum atomic E-state index is 11.4. The topological polar surface area (TPSA) is 63.2 Å². The predicted molar refractivity (Wildman–Crippen MR) is 68.2 cm³/mol. The number of carbonyl (C=O) groups is 1. The van der Waals surface area contributed by atoms with E-state index in [1.54, 1.807) is 7.11 Å². The summed E-state index contributed by atoms with van der Waals surface area (Å²) < 4.78 is 5.05. The van der Waals surface area contributed by atoms with Gasteiger partial charge in [0, 0.05) is 31.6 Å². The highest BCUT2D eigenvalue weighted by Gasteiger charge is 2.28. The molecule has 0 unspecified atom stereocenters. The molecule has 0 aliphatic heterocycles. The molecule has 0 bridgehead atoms. The van der Waals surface area contributed by atoms with E-state index in [4.69, 9.17) is 4.74 Å². The van der Waals surface area contributed by atoms with E-state index < -0.39 is 0 Å². The summed E-state index contributed by atoms with van der Waals surface area (Å²) in [5.41, 5.74) is 0.933. The van der Waals surface area contributed by atoms with Crippen LogP contribution >= 0.6 is 0 Å². The lowest BCUT2D eigenvalue weighted by Crippen LogP contribution is -2.32. The minimum absolute atomic E-state index is 0.191. The first-order valence-corrected chi connectivity index (χ1v) is 6.28. The molecule has 0 saturated heterocycles. The summed E-state index contributed by atoms with van der Waals surface area (Å²) in [6.07, 6.45) is 2.10. The fourth-order valence-corrected chi connectivity index (χ4v) is 1.65. The molecule has 0 atom stereocenters. The highest BCUT2D eigenvalue weighted by molar-refractivity contribution is 5.80. The van der Waals surface area contributed by atoms with Gasteiger partial charge in [0.1, 0.15) is 0 Å². The van der Waals surface area contributed by atoms with E-state index in [0.717, 1.165) is 25.1 Å². The molecule has 18 heavy (non-hydrogen) atoms. The number of aromatic nitrogens is 1. The van der Waals surface area contributed by atoms with E-state index in [0.29, 0.717) is 19.0 Å². The van der Waals surface area contributed by atoms with Crippen molar-refractivity contribution in [2.45, 2.75) is 19.4 Å². The van der Waals surface area contributed by atoms with Gasteiger partial charge in [-0.1, -0.05) is 6.07 Å². The number of carbonyl (C=O) groups excluding carboxylic acids is 1. The number of nitrogens with one attached hydrogen (secondary N) is 2. The summed E-state index contributed by atoms with van der Waals surface area (Å²) >= 11 is 0. The van der Waals surface area contributed by atoms with Gasteiger partial charge < -0.3 is 15.4 Å². The number of ether oxygens (including phenoxy) is 1. The molecule has 1 heterocycles. The first kappa shape index (κ1) is 12.8. The van der Waals surface area contributed by atoms with Crippen molar-refractivity contribution in [1.82, 2.24) is 15.6 Å². The van der Waals surface area contributed by atoms with Gasteiger partial charge in [-0.15, -0.1) is 0 Å². The van der Waals surface area contributed by atoms with E-state index in [2.05, 4.69) is 15.6 Å². The molecule has 1 aliphatic rings. The van der Waals surface area contributed by atoms with Gasteiger partial charge in [0.15, 0.2) is 0 Å². The van der Waals surface area contributed by atoms with Gasteiger partial charge in [-0.3, -0.25) is 4.79 Å². The van der Waals surface area contributed by atoms with Crippen LogP contribution in [-0.2, 0) is 11.3 Å². The first-order chi connectivity index (χ1) is 8.79. The smallest absolute Gasteiger partial charge is 0.223 e. The molecule has 0 spiro atoms. The Morgan fingerprint density at radius 2 is 2.28 bits per heavy atom. The van der Waals surface area contributed by atoms with Gasteiger partial charge in [-0.25, -0.2) is 4.98 Å². The average Bonchev–Trinajstić information content (AvgIpc) is 3.23. The van der Waals surface area contributed by atoms with Gasteiger partial charge in [-0.05, 0) is 18.9 Å². The Morgan fingerprint density at radius 1 is 1.44 bits per heavy atom. The normalized spacial score (nSPS) is 14.3. The Bertz CT molecular complexity index is 405. The van der Waals surface area contributed by atoms with Crippen LogP contribution in [0, 0.1) is 5.92 Å². The van der Waals surface area contributed by atoms with Crippen molar-refractivity contribution >= 4 is 5.91 Å². The molecular weight excluding hydrogens is 230 g/mol. The lowest BCUT2D eigenvalue weighted by atomic mass is 10.3. The maximum absolute atomic E-state index is 11.4. The van der Waals surface area contributed by atoms with E-state index in [9.17, 15) is 4.79 Å². The molecule has 1 aromatic rings. The van der Waals surface area contributed by atoms with Crippen LogP contribution in [0.15, 0.2) is 18.2 Å². The molecule has 5 heteroatoms. The molecule has 2 rings (SSSR count). The molecule has 0 aromatic carbocycles. The van der Waals surface area contributed by atoms with Crippen LogP contribution < -0.4 is 15.4 Å². The monoisotopic (exact) mass is 249 g/mol. The van der Waals surface area contributed by atoms with E-state index in [1.165, 1.54) is 0 Å². The molecule has 1 saturated carbocycles. The maximum Gasteiger partial charge on any atom is 0.223 e. The predicted octanol–water partition coefficient (Wildman–Crippen LogP) is 0.706. The second-order valence-corrected chi connectivity index (χ2v) is 4.41. The van der Waals surface area contributed by atoms with Gasteiger partial charge in [0.05, 0.1) is 12.8 Å². The third kappa shape index (κ3) is 4.00. The average molecular weight is 249 g/mol. The van der Waals surface area contributed by atoms with Gasteiger partial charge in [0.2, 0.25) is 11.8 Å².